The van der Waals surface area contributed by atoms with Gasteiger partial charge in [-0.05, 0) is 31.1 Å². The Labute approximate surface area is 131 Å². The van der Waals surface area contributed by atoms with Crippen LogP contribution in [0, 0.1) is 16.2 Å². The van der Waals surface area contributed by atoms with Gasteiger partial charge in [0.15, 0.2) is 5.78 Å². The molecule has 0 aromatic rings. The summed E-state index contributed by atoms with van der Waals surface area (Å²) >= 11 is 0. The zero-order valence-electron chi connectivity index (χ0n) is 13.7. The largest absolute Gasteiger partial charge is 0.411 e. The van der Waals surface area contributed by atoms with Crippen LogP contribution in [0.4, 0.5) is 0 Å². The summed E-state index contributed by atoms with van der Waals surface area (Å²) in [4.78, 5) is 25.9. The highest BCUT2D eigenvalue weighted by atomic mass is 16.4. The highest BCUT2D eigenvalue weighted by molar-refractivity contribution is 6.50. The number of amides is 1. The minimum atomic E-state index is -1.07. The summed E-state index contributed by atoms with van der Waals surface area (Å²) < 4.78 is 0. The molecule has 2 bridgehead atoms. The van der Waals surface area contributed by atoms with Gasteiger partial charge in [-0.1, -0.05) is 45.2 Å². The Morgan fingerprint density at radius 3 is 2.36 bits per heavy atom. The zero-order valence-corrected chi connectivity index (χ0v) is 13.7. The van der Waals surface area contributed by atoms with Gasteiger partial charge >= 0.3 is 0 Å². The van der Waals surface area contributed by atoms with Crippen LogP contribution in [0.25, 0.3) is 0 Å². The van der Waals surface area contributed by atoms with E-state index in [1.54, 1.807) is 0 Å². The lowest BCUT2D eigenvalue weighted by molar-refractivity contribution is -0.144. The molecule has 3 aliphatic carbocycles. The van der Waals surface area contributed by atoms with Crippen molar-refractivity contribution in [1.29, 1.82) is 0 Å². The molecule has 22 heavy (non-hydrogen) atoms. The van der Waals surface area contributed by atoms with Gasteiger partial charge in [-0.25, -0.2) is 0 Å². The second-order valence-electron chi connectivity index (χ2n) is 7.95. The Bertz CT molecular complexity index is 548. The summed E-state index contributed by atoms with van der Waals surface area (Å²) in [6.45, 7) is 5.88. The van der Waals surface area contributed by atoms with Gasteiger partial charge in [-0.2, -0.15) is 0 Å². The molecule has 3 saturated carbocycles. The summed E-state index contributed by atoms with van der Waals surface area (Å²) in [7, 11) is 0. The van der Waals surface area contributed by atoms with E-state index in [4.69, 9.17) is 0 Å². The van der Waals surface area contributed by atoms with E-state index < -0.39 is 16.2 Å². The van der Waals surface area contributed by atoms with Crippen molar-refractivity contribution in [3.05, 3.63) is 0 Å². The molecule has 0 radical (unpaired) electrons. The van der Waals surface area contributed by atoms with Crippen LogP contribution >= 0.6 is 0 Å². The molecule has 0 aliphatic heterocycles. The average molecular weight is 306 g/mol. The molecule has 0 heterocycles. The van der Waals surface area contributed by atoms with E-state index in [2.05, 4.69) is 10.5 Å². The number of carbonyl (C=O) groups excluding carboxylic acids is 2. The van der Waals surface area contributed by atoms with E-state index in [0.29, 0.717) is 12.8 Å². The fourth-order valence-electron chi connectivity index (χ4n) is 5.01. The van der Waals surface area contributed by atoms with Crippen molar-refractivity contribution in [3.8, 4) is 0 Å². The molecule has 3 aliphatic rings. The highest BCUT2D eigenvalue weighted by Crippen LogP contribution is 2.69. The lowest BCUT2D eigenvalue weighted by Gasteiger charge is -2.38. The fraction of sp³-hybridized carbons (Fsp3) is 0.824. The molecule has 5 heteroatoms. The van der Waals surface area contributed by atoms with Crippen molar-refractivity contribution in [1.82, 2.24) is 5.32 Å². The molecular weight excluding hydrogens is 280 g/mol. The molecule has 0 saturated heterocycles. The van der Waals surface area contributed by atoms with Crippen molar-refractivity contribution in [2.75, 3.05) is 0 Å². The molecule has 0 aromatic heterocycles. The maximum atomic E-state index is 13.1. The smallest absolute Gasteiger partial charge is 0.234 e. The highest BCUT2D eigenvalue weighted by Gasteiger charge is 2.76. The van der Waals surface area contributed by atoms with Crippen LogP contribution in [-0.4, -0.2) is 28.7 Å². The number of oxime groups is 1. The molecular formula is C17H26N2O3. The van der Waals surface area contributed by atoms with Gasteiger partial charge in [0, 0.05) is 11.5 Å². The number of hydrogen-bond acceptors (Lipinski definition) is 4. The number of rotatable bonds is 2. The Morgan fingerprint density at radius 1 is 1.18 bits per heavy atom. The van der Waals surface area contributed by atoms with Crippen LogP contribution in [0.2, 0.25) is 0 Å². The lowest BCUT2D eigenvalue weighted by atomic mass is 9.64. The van der Waals surface area contributed by atoms with Gasteiger partial charge in [-0.3, -0.25) is 9.59 Å². The van der Waals surface area contributed by atoms with Crippen molar-refractivity contribution < 1.29 is 14.8 Å². The van der Waals surface area contributed by atoms with E-state index in [1.807, 2.05) is 20.8 Å². The van der Waals surface area contributed by atoms with E-state index in [1.165, 1.54) is 6.42 Å². The average Bonchev–Trinajstić information content (AvgIpc) is 2.76. The molecule has 0 aromatic carbocycles. The number of nitrogens with one attached hydrogen (secondary N) is 1. The third-order valence-corrected chi connectivity index (χ3v) is 7.00. The summed E-state index contributed by atoms with van der Waals surface area (Å²) in [5.41, 5.74) is -1.94. The molecule has 1 amide bonds. The lowest BCUT2D eigenvalue weighted by Crippen LogP contribution is -2.53. The second kappa shape index (κ2) is 4.80. The van der Waals surface area contributed by atoms with Crippen molar-refractivity contribution in [2.45, 2.75) is 71.8 Å². The summed E-state index contributed by atoms with van der Waals surface area (Å²) in [6, 6.07) is 0.182. The van der Waals surface area contributed by atoms with Crippen molar-refractivity contribution in [3.63, 3.8) is 0 Å². The Balaban J connectivity index is 1.94. The molecule has 3 fully saturated rings. The number of nitrogens with zero attached hydrogens (tertiary/aromatic N) is 1. The number of carbonyl (C=O) groups is 2. The van der Waals surface area contributed by atoms with E-state index in [-0.39, 0.29) is 23.4 Å². The molecule has 2 N–H and O–H groups in total. The Kier molecular flexibility index (Phi) is 3.38. The number of Topliss-reactive ketones (excluding diaryl/α,β-unsaturated/α-hetero) is 1. The van der Waals surface area contributed by atoms with Crippen molar-refractivity contribution in [2.24, 2.45) is 21.4 Å². The van der Waals surface area contributed by atoms with Crippen LogP contribution < -0.4 is 5.32 Å². The number of hydrogen-bond donors (Lipinski definition) is 2. The first-order valence-electron chi connectivity index (χ1n) is 8.39. The third kappa shape index (κ3) is 1.62. The first kappa shape index (κ1) is 15.5. The van der Waals surface area contributed by atoms with Crippen LogP contribution in [0.15, 0.2) is 5.16 Å². The van der Waals surface area contributed by atoms with Gasteiger partial charge in [0.2, 0.25) is 5.91 Å². The predicted octanol–water partition coefficient (Wildman–Crippen LogP) is 2.66. The third-order valence-electron chi connectivity index (χ3n) is 7.00. The standard InChI is InChI=1S/C17H26N2O3/c1-15(2)16(3)9-10-17(15,13(20)12(16)19-22)14(21)18-11-7-5-4-6-8-11/h11,22H,4-10H2,1-3H3,(H,18,21). The first-order valence-corrected chi connectivity index (χ1v) is 8.39. The van der Waals surface area contributed by atoms with Gasteiger partial charge < -0.3 is 10.5 Å². The normalized spacial score (nSPS) is 39.4. The number of ketones is 1. The van der Waals surface area contributed by atoms with E-state index in [9.17, 15) is 14.8 Å². The molecule has 5 nitrogen and oxygen atoms in total. The van der Waals surface area contributed by atoms with Crippen LogP contribution in [0.1, 0.15) is 65.7 Å². The Morgan fingerprint density at radius 2 is 1.82 bits per heavy atom. The monoisotopic (exact) mass is 306 g/mol. The van der Waals surface area contributed by atoms with Crippen LogP contribution in [0.5, 0.6) is 0 Å². The SMILES string of the molecule is CC12CCC(C(=O)NC3CCCCC3)(C(=O)C1=NO)C2(C)C. The molecule has 2 atom stereocenters. The van der Waals surface area contributed by atoms with Gasteiger partial charge in [0.05, 0.1) is 0 Å². The second-order valence-corrected chi connectivity index (χ2v) is 7.95. The summed E-state index contributed by atoms with van der Waals surface area (Å²) in [5.74, 6) is -0.432. The molecule has 2 unspecified atom stereocenters. The predicted molar refractivity (Wildman–Crippen MR) is 82.8 cm³/mol. The maximum Gasteiger partial charge on any atom is 0.234 e. The Hall–Kier alpha value is -1.39. The quantitative estimate of drug-likeness (QED) is 0.467. The van der Waals surface area contributed by atoms with Crippen molar-refractivity contribution >= 4 is 17.4 Å². The van der Waals surface area contributed by atoms with Crippen LogP contribution in [0.3, 0.4) is 0 Å². The maximum absolute atomic E-state index is 13.1. The first-order chi connectivity index (χ1) is 10.3. The summed E-state index contributed by atoms with van der Waals surface area (Å²) in [5, 5.41) is 15.7. The van der Waals surface area contributed by atoms with Gasteiger partial charge in [0.1, 0.15) is 11.1 Å². The minimum Gasteiger partial charge on any atom is -0.411 e. The van der Waals surface area contributed by atoms with E-state index in [0.717, 1.165) is 25.7 Å². The van der Waals surface area contributed by atoms with Crippen LogP contribution in [-0.2, 0) is 9.59 Å². The van der Waals surface area contributed by atoms with Gasteiger partial charge in [0.25, 0.3) is 0 Å². The molecule has 122 valence electrons. The molecule has 0 spiro atoms. The molecule has 3 rings (SSSR count). The summed E-state index contributed by atoms with van der Waals surface area (Å²) in [6.07, 6.45) is 6.74. The topological polar surface area (TPSA) is 78.8 Å². The fourth-order valence-corrected chi connectivity index (χ4v) is 5.01. The van der Waals surface area contributed by atoms with Gasteiger partial charge in [-0.15, -0.1) is 0 Å². The number of fused-ring (bicyclic) bond motifs is 2. The van der Waals surface area contributed by atoms with E-state index >= 15 is 0 Å². The zero-order chi connectivity index (χ0) is 16.2. The minimum absolute atomic E-state index is 0.156.